The topological polar surface area (TPSA) is 94.2 Å². The highest BCUT2D eigenvalue weighted by molar-refractivity contribution is 5.88. The number of carboxylic acids is 1. The zero-order valence-corrected chi connectivity index (χ0v) is 14.1. The maximum atomic E-state index is 12.3. The van der Waals surface area contributed by atoms with Crippen LogP contribution in [0.3, 0.4) is 0 Å². The van der Waals surface area contributed by atoms with Crippen LogP contribution in [0.2, 0.25) is 0 Å². The molecule has 2 aromatic heterocycles. The van der Waals surface area contributed by atoms with Gasteiger partial charge in [0, 0.05) is 24.4 Å². The molecule has 0 atom stereocenters. The molecule has 7 nitrogen and oxygen atoms in total. The molecule has 0 saturated carbocycles. The Labute approximate surface area is 148 Å². The Morgan fingerprint density at radius 2 is 1.77 bits per heavy atom. The van der Waals surface area contributed by atoms with Crippen LogP contribution in [0.1, 0.15) is 15.9 Å². The first-order chi connectivity index (χ1) is 12.5. The highest BCUT2D eigenvalue weighted by Crippen LogP contribution is 2.13. The van der Waals surface area contributed by atoms with Crippen LogP contribution in [0, 0.1) is 6.92 Å². The van der Waals surface area contributed by atoms with Crippen LogP contribution in [0.25, 0.3) is 11.3 Å². The van der Waals surface area contributed by atoms with Crippen molar-refractivity contribution in [2.24, 2.45) is 0 Å². The van der Waals surface area contributed by atoms with Gasteiger partial charge in [-0.25, -0.2) is 9.48 Å². The summed E-state index contributed by atoms with van der Waals surface area (Å²) in [7, 11) is 0. The normalized spacial score (nSPS) is 10.7. The molecule has 0 unspecified atom stereocenters. The van der Waals surface area contributed by atoms with E-state index < -0.39 is 11.5 Å². The van der Waals surface area contributed by atoms with E-state index >= 15 is 0 Å². The number of carbonyl (C=O) groups is 1. The predicted octanol–water partition coefficient (Wildman–Crippen LogP) is 1.78. The molecule has 132 valence electrons. The third-order valence-electron chi connectivity index (χ3n) is 4.08. The second-order valence-electron chi connectivity index (χ2n) is 5.82. The maximum absolute atomic E-state index is 12.3. The molecular weight excluding hydrogens is 334 g/mol. The number of hydrogen-bond acceptors (Lipinski definition) is 4. The van der Waals surface area contributed by atoms with Crippen LogP contribution in [0.15, 0.2) is 64.3 Å². The van der Waals surface area contributed by atoms with Gasteiger partial charge in [0.15, 0.2) is 0 Å². The fourth-order valence-electron chi connectivity index (χ4n) is 2.68. The first-order valence-corrected chi connectivity index (χ1v) is 8.04. The van der Waals surface area contributed by atoms with Crippen LogP contribution in [-0.2, 0) is 13.1 Å². The fraction of sp³-hybridized carbons (Fsp3) is 0.158. The quantitative estimate of drug-likeness (QED) is 0.756. The van der Waals surface area contributed by atoms with Gasteiger partial charge >= 0.3 is 5.97 Å². The van der Waals surface area contributed by atoms with Crippen molar-refractivity contribution in [1.29, 1.82) is 0 Å². The molecular formula is C19H17N3O4. The van der Waals surface area contributed by atoms with Crippen LogP contribution in [0.5, 0.6) is 0 Å². The number of aryl methyl sites for hydroxylation is 3. The molecule has 26 heavy (non-hydrogen) atoms. The number of nitrogens with zero attached hydrogens (tertiary/aromatic N) is 3. The standard InChI is InChI=1S/C19H17N3O4/c1-13-9-10-21(18(24)17(13)19(25)26)11-12-22-16(23)8-7-15(20-22)14-5-3-2-4-6-14/h2-10H,11-12H2,1H3,(H,25,26). The number of carboxylic acid groups (broad SMARTS) is 1. The van der Waals surface area contributed by atoms with E-state index in [0.717, 1.165) is 5.56 Å². The number of hydrogen-bond donors (Lipinski definition) is 1. The summed E-state index contributed by atoms with van der Waals surface area (Å²) in [6.07, 6.45) is 1.52. The molecule has 0 aliphatic carbocycles. The Kier molecular flexibility index (Phi) is 4.79. The molecule has 3 aromatic rings. The molecule has 0 radical (unpaired) electrons. The van der Waals surface area contributed by atoms with Crippen molar-refractivity contribution in [1.82, 2.24) is 14.3 Å². The molecule has 0 amide bonds. The zero-order valence-electron chi connectivity index (χ0n) is 14.1. The zero-order chi connectivity index (χ0) is 18.7. The van der Waals surface area contributed by atoms with Gasteiger partial charge in [0.05, 0.1) is 12.2 Å². The van der Waals surface area contributed by atoms with E-state index in [1.54, 1.807) is 19.1 Å². The van der Waals surface area contributed by atoms with Gasteiger partial charge < -0.3 is 9.67 Å². The minimum atomic E-state index is -1.26. The highest BCUT2D eigenvalue weighted by atomic mass is 16.4. The summed E-state index contributed by atoms with van der Waals surface area (Å²) in [5.74, 6) is -1.26. The lowest BCUT2D eigenvalue weighted by Crippen LogP contribution is -2.31. The first-order valence-electron chi connectivity index (χ1n) is 8.04. The van der Waals surface area contributed by atoms with E-state index in [2.05, 4.69) is 5.10 Å². The van der Waals surface area contributed by atoms with Crippen molar-refractivity contribution in [2.45, 2.75) is 20.0 Å². The Bertz CT molecular complexity index is 1070. The number of aromatic nitrogens is 3. The second kappa shape index (κ2) is 7.18. The van der Waals surface area contributed by atoms with E-state index in [1.165, 1.54) is 21.5 Å². The van der Waals surface area contributed by atoms with Crippen molar-refractivity contribution in [3.05, 3.63) is 86.6 Å². The minimum absolute atomic E-state index is 0.143. The summed E-state index contributed by atoms with van der Waals surface area (Å²) in [6, 6.07) is 14.1. The molecule has 3 rings (SSSR count). The Hall–Kier alpha value is -3.48. The second-order valence-corrected chi connectivity index (χ2v) is 5.82. The van der Waals surface area contributed by atoms with Crippen LogP contribution < -0.4 is 11.1 Å². The summed E-state index contributed by atoms with van der Waals surface area (Å²) in [5, 5.41) is 13.5. The average Bonchev–Trinajstić information content (AvgIpc) is 2.63. The molecule has 0 aliphatic heterocycles. The van der Waals surface area contributed by atoms with E-state index in [0.29, 0.717) is 11.3 Å². The van der Waals surface area contributed by atoms with Crippen LogP contribution in [0.4, 0.5) is 0 Å². The Morgan fingerprint density at radius 1 is 1.04 bits per heavy atom. The van der Waals surface area contributed by atoms with E-state index in [9.17, 15) is 19.5 Å². The van der Waals surface area contributed by atoms with Crippen molar-refractivity contribution in [2.75, 3.05) is 0 Å². The van der Waals surface area contributed by atoms with Crippen molar-refractivity contribution in [3.63, 3.8) is 0 Å². The Balaban J connectivity index is 1.89. The summed E-state index contributed by atoms with van der Waals surface area (Å²) >= 11 is 0. The van der Waals surface area contributed by atoms with Gasteiger partial charge in [0.1, 0.15) is 5.56 Å². The summed E-state index contributed by atoms with van der Waals surface area (Å²) in [6.45, 7) is 1.87. The summed E-state index contributed by atoms with van der Waals surface area (Å²) < 4.78 is 2.55. The largest absolute Gasteiger partial charge is 0.477 e. The molecule has 0 aliphatic rings. The van der Waals surface area contributed by atoms with Crippen molar-refractivity contribution >= 4 is 5.97 Å². The lowest BCUT2D eigenvalue weighted by molar-refractivity contribution is 0.0693. The lowest BCUT2D eigenvalue weighted by Gasteiger charge is -2.10. The molecule has 0 bridgehead atoms. The number of rotatable bonds is 5. The number of aromatic carboxylic acids is 1. The van der Waals surface area contributed by atoms with Gasteiger partial charge in [-0.1, -0.05) is 30.3 Å². The number of benzene rings is 1. The minimum Gasteiger partial charge on any atom is -0.477 e. The molecule has 2 heterocycles. The van der Waals surface area contributed by atoms with E-state index in [-0.39, 0.29) is 24.2 Å². The summed E-state index contributed by atoms with van der Waals surface area (Å²) in [5.41, 5.74) is 0.786. The SMILES string of the molecule is Cc1ccn(CCn2nc(-c3ccccc3)ccc2=O)c(=O)c1C(=O)O. The average molecular weight is 351 g/mol. The smallest absolute Gasteiger partial charge is 0.341 e. The maximum Gasteiger partial charge on any atom is 0.341 e. The lowest BCUT2D eigenvalue weighted by atomic mass is 10.1. The fourth-order valence-corrected chi connectivity index (χ4v) is 2.68. The van der Waals surface area contributed by atoms with Crippen LogP contribution >= 0.6 is 0 Å². The molecule has 0 saturated heterocycles. The number of pyridine rings is 1. The third-order valence-corrected chi connectivity index (χ3v) is 4.08. The van der Waals surface area contributed by atoms with Crippen LogP contribution in [-0.4, -0.2) is 25.4 Å². The molecule has 0 spiro atoms. The van der Waals surface area contributed by atoms with Crippen molar-refractivity contribution in [3.8, 4) is 11.3 Å². The van der Waals surface area contributed by atoms with Gasteiger partial charge in [-0.3, -0.25) is 9.59 Å². The Morgan fingerprint density at radius 3 is 2.46 bits per heavy atom. The van der Waals surface area contributed by atoms with Gasteiger partial charge in [-0.05, 0) is 24.6 Å². The third kappa shape index (κ3) is 3.46. The monoisotopic (exact) mass is 351 g/mol. The summed E-state index contributed by atoms with van der Waals surface area (Å²) in [4.78, 5) is 35.6. The van der Waals surface area contributed by atoms with E-state index in [4.69, 9.17) is 0 Å². The molecule has 7 heteroatoms. The molecule has 1 aromatic carbocycles. The highest BCUT2D eigenvalue weighted by Gasteiger charge is 2.14. The van der Waals surface area contributed by atoms with Gasteiger partial charge in [-0.2, -0.15) is 5.10 Å². The van der Waals surface area contributed by atoms with Crippen molar-refractivity contribution < 1.29 is 9.90 Å². The molecule has 0 fully saturated rings. The first kappa shape index (κ1) is 17.3. The van der Waals surface area contributed by atoms with Gasteiger partial charge in [0.25, 0.3) is 11.1 Å². The van der Waals surface area contributed by atoms with Gasteiger partial charge in [0.2, 0.25) is 0 Å². The predicted molar refractivity (Wildman–Crippen MR) is 96.3 cm³/mol. The molecule has 1 N–H and O–H groups in total. The van der Waals surface area contributed by atoms with Gasteiger partial charge in [-0.15, -0.1) is 0 Å². The van der Waals surface area contributed by atoms with E-state index in [1.807, 2.05) is 30.3 Å².